The monoisotopic (exact) mass is 987 g/mol. The minimum absolute atomic E-state index is 0.104. The van der Waals surface area contributed by atoms with E-state index in [2.05, 4.69) is 118 Å². The smallest absolute Gasteiger partial charge is 0.306 e. The van der Waals surface area contributed by atoms with Crippen molar-refractivity contribution in [2.24, 2.45) is 0 Å². The van der Waals surface area contributed by atoms with Crippen molar-refractivity contribution in [3.05, 3.63) is 97.2 Å². The maximum Gasteiger partial charge on any atom is 0.306 e. The normalized spacial score (nSPS) is 12.8. The van der Waals surface area contributed by atoms with E-state index >= 15 is 0 Å². The van der Waals surface area contributed by atoms with Crippen molar-refractivity contribution in [3.63, 3.8) is 0 Å². The van der Waals surface area contributed by atoms with Crippen molar-refractivity contribution >= 4 is 17.9 Å². The highest BCUT2D eigenvalue weighted by Crippen LogP contribution is 2.15. The Hall–Kier alpha value is -3.67. The number of carbonyl (C=O) groups is 3. The fourth-order valence-electron chi connectivity index (χ4n) is 8.09. The molecular formula is C65H110O6. The zero-order valence-corrected chi connectivity index (χ0v) is 46.5. The quantitative estimate of drug-likeness (QED) is 0.0261. The molecule has 0 aliphatic rings. The van der Waals surface area contributed by atoms with E-state index in [4.69, 9.17) is 14.2 Å². The molecule has 1 atom stereocenters. The molecule has 0 amide bonds. The van der Waals surface area contributed by atoms with Gasteiger partial charge in [-0.15, -0.1) is 0 Å². The molecule has 0 saturated heterocycles. The van der Waals surface area contributed by atoms with Crippen molar-refractivity contribution in [1.29, 1.82) is 0 Å². The number of hydrogen-bond acceptors (Lipinski definition) is 6. The van der Waals surface area contributed by atoms with E-state index in [0.717, 1.165) is 83.5 Å². The van der Waals surface area contributed by atoms with Gasteiger partial charge in [-0.2, -0.15) is 0 Å². The predicted octanol–water partition coefficient (Wildman–Crippen LogP) is 20.1. The largest absolute Gasteiger partial charge is 0.462 e. The topological polar surface area (TPSA) is 78.9 Å². The maximum atomic E-state index is 12.8. The maximum absolute atomic E-state index is 12.8. The molecule has 6 heteroatoms. The van der Waals surface area contributed by atoms with Crippen molar-refractivity contribution < 1.29 is 28.6 Å². The van der Waals surface area contributed by atoms with Gasteiger partial charge in [0.1, 0.15) is 13.2 Å². The van der Waals surface area contributed by atoms with Crippen LogP contribution in [0.1, 0.15) is 278 Å². The van der Waals surface area contributed by atoms with Crippen LogP contribution in [-0.2, 0) is 28.6 Å². The molecule has 6 nitrogen and oxygen atoms in total. The fraction of sp³-hybridized carbons (Fsp3) is 0.708. The number of unbranched alkanes of at least 4 members (excludes halogenated alkanes) is 26. The molecule has 0 spiro atoms. The second-order valence-corrected chi connectivity index (χ2v) is 19.5. The van der Waals surface area contributed by atoms with Crippen LogP contribution in [0.25, 0.3) is 0 Å². The molecule has 0 fully saturated rings. The van der Waals surface area contributed by atoms with Gasteiger partial charge in [0.15, 0.2) is 6.10 Å². The van der Waals surface area contributed by atoms with Gasteiger partial charge in [-0.05, 0) is 116 Å². The molecule has 0 heterocycles. The molecule has 0 bridgehead atoms. The highest BCUT2D eigenvalue weighted by Gasteiger charge is 2.19. The second kappa shape index (κ2) is 58.9. The predicted molar refractivity (Wildman–Crippen MR) is 307 cm³/mol. The molecule has 0 aliphatic heterocycles. The molecule has 71 heavy (non-hydrogen) atoms. The Morgan fingerprint density at radius 3 is 0.944 bits per heavy atom. The van der Waals surface area contributed by atoms with Gasteiger partial charge in [-0.1, -0.05) is 240 Å². The zero-order chi connectivity index (χ0) is 51.4. The van der Waals surface area contributed by atoms with Crippen molar-refractivity contribution in [2.45, 2.75) is 284 Å². The summed E-state index contributed by atoms with van der Waals surface area (Å²) < 4.78 is 16.8. The molecule has 406 valence electrons. The Balaban J connectivity index is 4.47. The lowest BCUT2D eigenvalue weighted by Crippen LogP contribution is -2.30. The van der Waals surface area contributed by atoms with Crippen LogP contribution in [0.2, 0.25) is 0 Å². The summed E-state index contributed by atoms with van der Waals surface area (Å²) in [6.07, 6.45) is 78.3. The van der Waals surface area contributed by atoms with Crippen molar-refractivity contribution in [1.82, 2.24) is 0 Å². The zero-order valence-electron chi connectivity index (χ0n) is 46.5. The SMILES string of the molecule is CC/C=C\C/C=C\C/C=C\C/C=C\C/C=C\CCCC(=O)OC(COC(=O)CCCCCCCCC/C=C\CCCCCCCC)COC(=O)CCCCCCCCCCC/C=C\C/C=C\CCCCC. The molecule has 0 saturated carbocycles. The van der Waals surface area contributed by atoms with Crippen LogP contribution in [0.15, 0.2) is 97.2 Å². The standard InChI is InChI=1S/C65H110O6/c1-4-7-10-13-16-19-22-25-28-31-32-35-37-40-43-46-49-52-55-58-64(67)70-61-62(71-65(68)59-56-53-50-47-44-41-38-34-30-27-24-21-18-15-12-9-6-3)60-69-63(66)57-54-51-48-45-42-39-36-33-29-26-23-20-17-14-11-8-5-2/h9,12,16,18-19,21,25-30,38,41,47,50,62H,4-8,10-11,13-15,17,20,22-24,31-37,39-40,42-46,48-49,51-61H2,1-3H3/b12-9-,19-16-,21-18-,28-25-,29-26-,30-27-,41-38-,50-47-. The van der Waals surface area contributed by atoms with Crippen LogP contribution >= 0.6 is 0 Å². The van der Waals surface area contributed by atoms with E-state index in [0.29, 0.717) is 19.3 Å². The van der Waals surface area contributed by atoms with Crippen LogP contribution in [-0.4, -0.2) is 37.2 Å². The van der Waals surface area contributed by atoms with E-state index in [1.54, 1.807) is 0 Å². The van der Waals surface area contributed by atoms with Gasteiger partial charge < -0.3 is 14.2 Å². The average molecular weight is 988 g/mol. The first-order chi connectivity index (χ1) is 35.0. The number of ether oxygens (including phenoxy) is 3. The highest BCUT2D eigenvalue weighted by atomic mass is 16.6. The summed E-state index contributed by atoms with van der Waals surface area (Å²) in [7, 11) is 0. The van der Waals surface area contributed by atoms with Crippen LogP contribution in [0.4, 0.5) is 0 Å². The van der Waals surface area contributed by atoms with E-state index in [-0.39, 0.29) is 37.5 Å². The number of hydrogen-bond donors (Lipinski definition) is 0. The number of carbonyl (C=O) groups excluding carboxylic acids is 3. The Kier molecular flexibility index (Phi) is 55.9. The molecule has 0 radical (unpaired) electrons. The molecule has 0 aromatic carbocycles. The second-order valence-electron chi connectivity index (χ2n) is 19.5. The van der Waals surface area contributed by atoms with Crippen LogP contribution in [0.5, 0.6) is 0 Å². The van der Waals surface area contributed by atoms with E-state index in [1.165, 1.54) is 148 Å². The average Bonchev–Trinajstić information content (AvgIpc) is 3.37. The molecule has 0 rings (SSSR count). The van der Waals surface area contributed by atoms with Gasteiger partial charge in [-0.3, -0.25) is 14.4 Å². The first-order valence-electron chi connectivity index (χ1n) is 29.7. The minimum Gasteiger partial charge on any atom is -0.462 e. The summed E-state index contributed by atoms with van der Waals surface area (Å²) in [5.74, 6) is -0.965. The van der Waals surface area contributed by atoms with Gasteiger partial charge in [0.05, 0.1) is 0 Å². The summed E-state index contributed by atoms with van der Waals surface area (Å²) in [6.45, 7) is 6.46. The third kappa shape index (κ3) is 57.1. The summed E-state index contributed by atoms with van der Waals surface area (Å²) >= 11 is 0. The van der Waals surface area contributed by atoms with Gasteiger partial charge in [0.2, 0.25) is 0 Å². The first kappa shape index (κ1) is 67.3. The molecule has 0 N–H and O–H groups in total. The number of esters is 3. The lowest BCUT2D eigenvalue weighted by Gasteiger charge is -2.18. The van der Waals surface area contributed by atoms with Gasteiger partial charge >= 0.3 is 17.9 Å². The summed E-state index contributed by atoms with van der Waals surface area (Å²) in [4.78, 5) is 38.2. The van der Waals surface area contributed by atoms with Gasteiger partial charge in [0.25, 0.3) is 0 Å². The Morgan fingerprint density at radius 1 is 0.296 bits per heavy atom. The van der Waals surface area contributed by atoms with Crippen LogP contribution in [0.3, 0.4) is 0 Å². The molecule has 0 aromatic rings. The van der Waals surface area contributed by atoms with Crippen LogP contribution in [0, 0.1) is 0 Å². The molecule has 1 unspecified atom stereocenters. The number of allylic oxidation sites excluding steroid dienone is 16. The minimum atomic E-state index is -0.812. The van der Waals surface area contributed by atoms with E-state index in [1.807, 2.05) is 0 Å². The third-order valence-electron chi connectivity index (χ3n) is 12.5. The summed E-state index contributed by atoms with van der Waals surface area (Å²) in [5, 5.41) is 0. The molecule has 0 aliphatic carbocycles. The van der Waals surface area contributed by atoms with Gasteiger partial charge in [-0.25, -0.2) is 0 Å². The molecular weight excluding hydrogens is 877 g/mol. The lowest BCUT2D eigenvalue weighted by atomic mass is 10.1. The van der Waals surface area contributed by atoms with Crippen molar-refractivity contribution in [2.75, 3.05) is 13.2 Å². The fourth-order valence-corrected chi connectivity index (χ4v) is 8.09. The third-order valence-corrected chi connectivity index (χ3v) is 12.5. The highest BCUT2D eigenvalue weighted by molar-refractivity contribution is 5.71. The summed E-state index contributed by atoms with van der Waals surface area (Å²) in [5.41, 5.74) is 0. The van der Waals surface area contributed by atoms with Crippen LogP contribution < -0.4 is 0 Å². The molecule has 0 aromatic heterocycles. The van der Waals surface area contributed by atoms with Gasteiger partial charge in [0, 0.05) is 19.3 Å². The summed E-state index contributed by atoms with van der Waals surface area (Å²) in [6, 6.07) is 0. The van der Waals surface area contributed by atoms with Crippen molar-refractivity contribution in [3.8, 4) is 0 Å². The first-order valence-corrected chi connectivity index (χ1v) is 29.7. The Morgan fingerprint density at radius 2 is 0.563 bits per heavy atom. The Labute approximate surface area is 438 Å². The number of rotatable bonds is 53. The van der Waals surface area contributed by atoms with E-state index < -0.39 is 6.10 Å². The Bertz CT molecular complexity index is 1410. The lowest BCUT2D eigenvalue weighted by molar-refractivity contribution is -0.167. The van der Waals surface area contributed by atoms with E-state index in [9.17, 15) is 14.4 Å².